The second-order valence-corrected chi connectivity index (χ2v) is 9.29. The third kappa shape index (κ3) is 5.63. The summed E-state index contributed by atoms with van der Waals surface area (Å²) in [4.78, 5) is 18.3. The van der Waals surface area contributed by atoms with Gasteiger partial charge < -0.3 is 23.9 Å². The van der Waals surface area contributed by atoms with E-state index in [-0.39, 0.29) is 11.7 Å². The molecule has 1 N–H and O–H groups in total. The number of tetrazole rings is 1. The van der Waals surface area contributed by atoms with Crippen molar-refractivity contribution in [3.63, 3.8) is 0 Å². The van der Waals surface area contributed by atoms with E-state index >= 15 is 0 Å². The average molecular weight is 521 g/mol. The van der Waals surface area contributed by atoms with E-state index in [1.165, 1.54) is 0 Å². The van der Waals surface area contributed by atoms with Crippen LogP contribution in [0.15, 0.2) is 47.3 Å². The highest BCUT2D eigenvalue weighted by atomic mass is 16.5. The van der Waals surface area contributed by atoms with Crippen LogP contribution >= 0.6 is 0 Å². The van der Waals surface area contributed by atoms with Gasteiger partial charge in [0.05, 0.1) is 46.0 Å². The third-order valence-electron chi connectivity index (χ3n) is 6.78. The molecule has 0 spiro atoms. The Balaban J connectivity index is 1.47. The zero-order valence-electron chi connectivity index (χ0n) is 21.8. The van der Waals surface area contributed by atoms with Gasteiger partial charge in [0, 0.05) is 42.3 Å². The fourth-order valence-corrected chi connectivity index (χ4v) is 4.84. The van der Waals surface area contributed by atoms with Crippen LogP contribution in [0.25, 0.3) is 10.9 Å². The van der Waals surface area contributed by atoms with Gasteiger partial charge >= 0.3 is 0 Å². The molecule has 1 aliphatic rings. The molecule has 2 aromatic heterocycles. The van der Waals surface area contributed by atoms with Gasteiger partial charge in [0.2, 0.25) is 0 Å². The fourth-order valence-electron chi connectivity index (χ4n) is 4.84. The number of nitrogens with zero attached hydrogens (tertiary/aromatic N) is 5. The zero-order valence-corrected chi connectivity index (χ0v) is 21.8. The second kappa shape index (κ2) is 11.6. The first kappa shape index (κ1) is 25.7. The van der Waals surface area contributed by atoms with Crippen molar-refractivity contribution in [2.24, 2.45) is 0 Å². The smallest absolute Gasteiger partial charge is 0.252 e. The number of H-pyrrole nitrogens is 1. The average Bonchev–Trinajstić information content (AvgIpc) is 3.61. The summed E-state index contributed by atoms with van der Waals surface area (Å²) in [5, 5.41) is 13.3. The van der Waals surface area contributed by atoms with Crippen LogP contribution in [0.4, 0.5) is 0 Å². The van der Waals surface area contributed by atoms with Gasteiger partial charge in [-0.1, -0.05) is 18.2 Å². The molecule has 11 heteroatoms. The minimum absolute atomic E-state index is 0.107. The molecule has 1 aliphatic heterocycles. The molecule has 1 atom stereocenters. The van der Waals surface area contributed by atoms with Gasteiger partial charge in [0.25, 0.3) is 5.56 Å². The SMILES string of the molecule is COc1ccccc1CN(Cc1cc2cc(OC)c(OC)cc2[nH]c1=O)Cc1nnnn1CC1CCCO1. The lowest BCUT2D eigenvalue weighted by Crippen LogP contribution is -2.29. The van der Waals surface area contributed by atoms with Gasteiger partial charge in [-0.3, -0.25) is 9.69 Å². The molecule has 2 aromatic carbocycles. The van der Waals surface area contributed by atoms with E-state index in [0.717, 1.165) is 36.1 Å². The van der Waals surface area contributed by atoms with Crippen molar-refractivity contribution in [3.8, 4) is 17.2 Å². The molecular weight excluding hydrogens is 488 g/mol. The Kier molecular flexibility index (Phi) is 7.85. The fraction of sp³-hybridized carbons (Fsp3) is 0.407. The van der Waals surface area contributed by atoms with Gasteiger partial charge in [0.15, 0.2) is 17.3 Å². The Bertz CT molecular complexity index is 1450. The molecule has 38 heavy (non-hydrogen) atoms. The summed E-state index contributed by atoms with van der Waals surface area (Å²) in [6, 6.07) is 13.4. The normalized spacial score (nSPS) is 15.3. The monoisotopic (exact) mass is 520 g/mol. The summed E-state index contributed by atoms with van der Waals surface area (Å²) in [5.74, 6) is 2.64. The maximum Gasteiger partial charge on any atom is 0.252 e. The number of methoxy groups -OCH3 is 3. The van der Waals surface area contributed by atoms with Gasteiger partial charge in [-0.25, -0.2) is 4.68 Å². The topological polar surface area (TPSA) is 117 Å². The van der Waals surface area contributed by atoms with Crippen LogP contribution in [0.1, 0.15) is 29.8 Å². The van der Waals surface area contributed by atoms with E-state index in [4.69, 9.17) is 18.9 Å². The minimum Gasteiger partial charge on any atom is -0.496 e. The maximum atomic E-state index is 13.2. The standard InChI is InChI=1S/C27H32N6O5/c1-35-23-9-5-4-7-18(23)14-32(17-26-29-30-31-33(26)16-21-8-6-10-38-21)15-20-11-19-12-24(36-2)25(37-3)13-22(19)28-27(20)34/h4-5,7,9,11-13,21H,6,8,10,14-17H2,1-3H3,(H,28,34). The molecule has 5 rings (SSSR count). The van der Waals surface area contributed by atoms with E-state index < -0.39 is 0 Å². The van der Waals surface area contributed by atoms with Crippen LogP contribution in [-0.2, 0) is 30.9 Å². The summed E-state index contributed by atoms with van der Waals surface area (Å²) in [6.45, 7) is 2.69. The summed E-state index contributed by atoms with van der Waals surface area (Å²) >= 11 is 0. The molecule has 11 nitrogen and oxygen atoms in total. The van der Waals surface area contributed by atoms with E-state index in [0.29, 0.717) is 54.6 Å². The number of fused-ring (bicyclic) bond motifs is 1. The van der Waals surface area contributed by atoms with Crippen LogP contribution < -0.4 is 19.8 Å². The maximum absolute atomic E-state index is 13.2. The van der Waals surface area contributed by atoms with Crippen molar-refractivity contribution in [3.05, 3.63) is 69.8 Å². The lowest BCUT2D eigenvalue weighted by Gasteiger charge is -2.23. The van der Waals surface area contributed by atoms with E-state index in [1.807, 2.05) is 36.4 Å². The number of rotatable bonds is 11. The molecule has 200 valence electrons. The summed E-state index contributed by atoms with van der Waals surface area (Å²) < 4.78 is 24.0. The summed E-state index contributed by atoms with van der Waals surface area (Å²) in [6.07, 6.45) is 2.14. The van der Waals surface area contributed by atoms with Crippen LogP contribution in [0.3, 0.4) is 0 Å². The molecule has 1 saturated heterocycles. The first-order chi connectivity index (χ1) is 18.6. The summed E-state index contributed by atoms with van der Waals surface area (Å²) in [7, 11) is 4.81. The highest BCUT2D eigenvalue weighted by Crippen LogP contribution is 2.31. The number of ether oxygens (including phenoxy) is 4. The molecule has 3 heterocycles. The third-order valence-corrected chi connectivity index (χ3v) is 6.78. The number of para-hydroxylation sites is 1. The number of pyridine rings is 1. The molecule has 0 aliphatic carbocycles. The Morgan fingerprint density at radius 1 is 1.00 bits per heavy atom. The second-order valence-electron chi connectivity index (χ2n) is 9.29. The van der Waals surface area contributed by atoms with Crippen LogP contribution in [-0.4, -0.2) is 64.1 Å². The molecule has 4 aromatic rings. The number of aromatic amines is 1. The van der Waals surface area contributed by atoms with Crippen molar-refractivity contribution in [2.45, 2.75) is 45.1 Å². The Morgan fingerprint density at radius 2 is 1.76 bits per heavy atom. The number of aromatic nitrogens is 5. The molecule has 0 amide bonds. The van der Waals surface area contributed by atoms with Gasteiger partial charge in [-0.15, -0.1) is 5.10 Å². The van der Waals surface area contributed by atoms with Crippen molar-refractivity contribution in [1.29, 1.82) is 0 Å². The van der Waals surface area contributed by atoms with Crippen LogP contribution in [0.2, 0.25) is 0 Å². The zero-order chi connectivity index (χ0) is 26.5. The first-order valence-corrected chi connectivity index (χ1v) is 12.6. The Morgan fingerprint density at radius 3 is 2.53 bits per heavy atom. The van der Waals surface area contributed by atoms with E-state index in [2.05, 4.69) is 25.4 Å². The predicted molar refractivity (Wildman–Crippen MR) is 140 cm³/mol. The molecular formula is C27H32N6O5. The highest BCUT2D eigenvalue weighted by molar-refractivity contribution is 5.83. The quantitative estimate of drug-likeness (QED) is 0.319. The Hall–Kier alpha value is -3.96. The largest absolute Gasteiger partial charge is 0.496 e. The van der Waals surface area contributed by atoms with Crippen molar-refractivity contribution in [2.75, 3.05) is 27.9 Å². The molecule has 1 fully saturated rings. The number of hydrogen-bond donors (Lipinski definition) is 1. The van der Waals surface area contributed by atoms with Gasteiger partial charge in [-0.05, 0) is 41.5 Å². The molecule has 0 saturated carbocycles. The summed E-state index contributed by atoms with van der Waals surface area (Å²) in [5.41, 5.74) is 2.11. The first-order valence-electron chi connectivity index (χ1n) is 12.6. The predicted octanol–water partition coefficient (Wildman–Crippen LogP) is 2.92. The minimum atomic E-state index is -0.173. The van der Waals surface area contributed by atoms with Crippen LogP contribution in [0.5, 0.6) is 17.2 Å². The van der Waals surface area contributed by atoms with Gasteiger partial charge in [-0.2, -0.15) is 0 Å². The molecule has 0 radical (unpaired) electrons. The van der Waals surface area contributed by atoms with Crippen molar-refractivity contribution < 1.29 is 18.9 Å². The van der Waals surface area contributed by atoms with Gasteiger partial charge in [0.1, 0.15) is 5.75 Å². The highest BCUT2D eigenvalue weighted by Gasteiger charge is 2.21. The number of nitrogens with one attached hydrogen (secondary N) is 1. The molecule has 0 bridgehead atoms. The van der Waals surface area contributed by atoms with Crippen LogP contribution in [0, 0.1) is 0 Å². The molecule has 1 unspecified atom stereocenters. The lowest BCUT2D eigenvalue weighted by molar-refractivity contribution is 0.0914. The lowest BCUT2D eigenvalue weighted by atomic mass is 10.1. The number of benzene rings is 2. The van der Waals surface area contributed by atoms with Crippen molar-refractivity contribution in [1.82, 2.24) is 30.1 Å². The Labute approximate surface area is 220 Å². The van der Waals surface area contributed by atoms with E-state index in [1.54, 1.807) is 32.1 Å². The van der Waals surface area contributed by atoms with E-state index in [9.17, 15) is 4.79 Å². The number of hydrogen-bond acceptors (Lipinski definition) is 9. The van der Waals surface area contributed by atoms with Crippen molar-refractivity contribution >= 4 is 10.9 Å².